The smallest absolute Gasteiger partial charge is 0.0917 e. The predicted molar refractivity (Wildman–Crippen MR) is 290 cm³/mol. The summed E-state index contributed by atoms with van der Waals surface area (Å²) >= 11 is 0. The number of benzene rings is 10. The van der Waals surface area contributed by atoms with Crippen molar-refractivity contribution in [2.24, 2.45) is 0 Å². The van der Waals surface area contributed by atoms with Crippen molar-refractivity contribution in [1.29, 1.82) is 5.26 Å². The summed E-state index contributed by atoms with van der Waals surface area (Å²) < 4.78 is 0. The molecule has 0 saturated carbocycles. The Hall–Kier alpha value is -7.19. The fourth-order valence-electron chi connectivity index (χ4n) is 9.13. The molecule has 0 saturated heterocycles. The molecule has 0 heterocycles. The maximum Gasteiger partial charge on any atom is 0.0917 e. The third-order valence-corrected chi connectivity index (χ3v) is 12.8. The summed E-state index contributed by atoms with van der Waals surface area (Å²) in [5.74, 6) is 0. The fourth-order valence-corrected chi connectivity index (χ4v) is 9.13. The summed E-state index contributed by atoms with van der Waals surface area (Å²) in [7, 11) is 0. The first-order valence-electron chi connectivity index (χ1n) is 23.5. The molecule has 1 nitrogen and oxygen atoms in total. The molecule has 0 fully saturated rings. The van der Waals surface area contributed by atoms with Gasteiger partial charge in [0.15, 0.2) is 0 Å². The van der Waals surface area contributed by atoms with Crippen LogP contribution in [0, 0.1) is 47.7 Å². The first kappa shape index (κ1) is 54.1. The second-order valence-electron chi connectivity index (χ2n) is 17.9. The molecule has 0 aromatic heterocycles. The number of rotatable bonds is 4. The van der Waals surface area contributed by atoms with Gasteiger partial charge in [-0.05, 0) is 49.8 Å². The molecule has 0 aliphatic heterocycles. The Bertz CT molecular complexity index is 2900. The van der Waals surface area contributed by atoms with Crippen LogP contribution in [0.15, 0.2) is 249 Å². The van der Waals surface area contributed by atoms with Gasteiger partial charge in [0.2, 0.25) is 0 Å². The minimum Gasteiger partial charge on any atom is -0.193 e. The van der Waals surface area contributed by atoms with Gasteiger partial charge in [0.05, 0.1) is 6.07 Å². The molecule has 10 aromatic carbocycles. The molecule has 12 rings (SSSR count). The van der Waals surface area contributed by atoms with E-state index in [0.717, 1.165) is 16.7 Å². The van der Waals surface area contributed by atoms with Crippen molar-refractivity contribution in [2.75, 3.05) is 0 Å². The molecule has 3 heteroatoms. The van der Waals surface area contributed by atoms with Gasteiger partial charge in [-0.2, -0.15) is 175 Å². The molecule has 0 radical (unpaired) electrons. The number of nitrogens with zero attached hydrogens (tertiary/aromatic N) is 1. The average Bonchev–Trinajstić information content (AvgIpc) is 3.82. The SMILES string of the molecule is CC1(C)c2c[c-]ccc2-c2ccccc21.CC1(C)c2c[c-]ccc2-c2ccccc21.N#CC=C(c1cc[c-]cc1)c1cc[c-]cc1.[W].[W].[c-]1ccc(-c2ccccc2)cc1.[c-]1ccc(-c2ccccc2)cc1. The third-order valence-electron chi connectivity index (χ3n) is 12.8. The monoisotopic (exact) mass is 1260 g/mol. The first-order valence-corrected chi connectivity index (χ1v) is 23.5. The van der Waals surface area contributed by atoms with E-state index in [1.807, 2.05) is 121 Å². The van der Waals surface area contributed by atoms with E-state index >= 15 is 0 Å². The van der Waals surface area contributed by atoms with Gasteiger partial charge in [-0.15, -0.1) is 44.5 Å². The van der Waals surface area contributed by atoms with Crippen LogP contribution in [0.5, 0.6) is 0 Å². The Balaban J connectivity index is 0.000000147. The van der Waals surface area contributed by atoms with E-state index in [0.29, 0.717) is 0 Å². The molecule has 0 amide bonds. The molecule has 0 spiro atoms. The van der Waals surface area contributed by atoms with Crippen LogP contribution < -0.4 is 0 Å². The summed E-state index contributed by atoms with van der Waals surface area (Å²) in [6, 6.07) is 102. The molecule has 2 aliphatic carbocycles. The van der Waals surface area contributed by atoms with Crippen LogP contribution in [0.2, 0.25) is 0 Å². The van der Waals surface area contributed by atoms with Crippen LogP contribution in [0.3, 0.4) is 0 Å². The van der Waals surface area contributed by atoms with Crippen LogP contribution in [-0.4, -0.2) is 0 Å². The summed E-state index contributed by atoms with van der Waals surface area (Å²) in [5.41, 5.74) is 19.4. The molecule has 0 atom stereocenters. The third kappa shape index (κ3) is 13.0. The van der Waals surface area contributed by atoms with Crippen molar-refractivity contribution in [3.8, 4) is 50.6 Å². The van der Waals surface area contributed by atoms with Crippen molar-refractivity contribution in [3.05, 3.63) is 319 Å². The molecule has 2 aliphatic rings. The van der Waals surface area contributed by atoms with Crippen molar-refractivity contribution in [1.82, 2.24) is 0 Å². The van der Waals surface area contributed by atoms with Crippen molar-refractivity contribution >= 4 is 5.57 Å². The van der Waals surface area contributed by atoms with Crippen molar-refractivity contribution in [3.63, 3.8) is 0 Å². The first-order chi connectivity index (χ1) is 34.3. The Morgan fingerprint density at radius 3 is 1.00 bits per heavy atom. The molecular formula is C69H53NW2-6. The van der Waals surface area contributed by atoms with E-state index in [1.54, 1.807) is 6.08 Å². The largest absolute Gasteiger partial charge is 0.193 e. The summed E-state index contributed by atoms with van der Waals surface area (Å²) in [4.78, 5) is 0. The number of hydrogen-bond donors (Lipinski definition) is 0. The van der Waals surface area contributed by atoms with Crippen LogP contribution in [-0.2, 0) is 53.0 Å². The minimum atomic E-state index is 0. The van der Waals surface area contributed by atoms with E-state index in [4.69, 9.17) is 5.26 Å². The fraction of sp³-hybridized carbons (Fsp3) is 0.0870. The molecule has 0 bridgehead atoms. The van der Waals surface area contributed by atoms with E-state index in [-0.39, 0.29) is 53.0 Å². The van der Waals surface area contributed by atoms with Gasteiger partial charge < -0.3 is 0 Å². The van der Waals surface area contributed by atoms with E-state index in [2.05, 4.69) is 191 Å². The standard InChI is InChI=1S/C15H9N.2C15H13.2C12H9.2W/c16-12-11-15(13-7-3-1-4-8-13)14-9-5-2-6-10-14;2*1-15(2)13-9-5-3-7-11(13)12-8-4-6-10-14(12)15;2*1-3-7-11(8-4-1)12-9-5-2-6-10-12;;/h3-11H;2*3-5,7-10H,1-2H3;2*1,3-10H;;/q-2;4*-1;;. The minimum absolute atomic E-state index is 0. The molecule has 0 N–H and O–H groups in total. The van der Waals surface area contributed by atoms with E-state index in [1.165, 1.54) is 66.8 Å². The molecule has 72 heavy (non-hydrogen) atoms. The van der Waals surface area contributed by atoms with Gasteiger partial charge in [0.1, 0.15) is 0 Å². The van der Waals surface area contributed by atoms with Crippen LogP contribution >= 0.6 is 0 Å². The summed E-state index contributed by atoms with van der Waals surface area (Å²) in [6.45, 7) is 9.13. The molecule has 352 valence electrons. The van der Waals surface area contributed by atoms with Gasteiger partial charge in [0, 0.05) is 48.2 Å². The van der Waals surface area contributed by atoms with E-state index < -0.39 is 0 Å². The maximum atomic E-state index is 8.82. The zero-order valence-corrected chi connectivity index (χ0v) is 46.8. The number of allylic oxidation sites excluding steroid dienone is 1. The second kappa shape index (κ2) is 26.3. The average molecular weight is 1260 g/mol. The van der Waals surface area contributed by atoms with Gasteiger partial charge in [-0.1, -0.05) is 137 Å². The summed E-state index contributed by atoms with van der Waals surface area (Å²) in [6.07, 6.45) is 1.56. The van der Waals surface area contributed by atoms with Crippen molar-refractivity contribution in [2.45, 2.75) is 38.5 Å². The summed E-state index contributed by atoms with van der Waals surface area (Å²) in [5, 5.41) is 8.82. The van der Waals surface area contributed by atoms with Gasteiger partial charge >= 0.3 is 0 Å². The molecule has 0 unspecified atom stereocenters. The number of hydrogen-bond acceptors (Lipinski definition) is 1. The van der Waals surface area contributed by atoms with Gasteiger partial charge in [0.25, 0.3) is 0 Å². The van der Waals surface area contributed by atoms with Gasteiger partial charge in [-0.3, -0.25) is 0 Å². The number of fused-ring (bicyclic) bond motifs is 6. The Labute approximate surface area is 457 Å². The second-order valence-corrected chi connectivity index (χ2v) is 17.9. The van der Waals surface area contributed by atoms with Gasteiger partial charge in [-0.25, -0.2) is 0 Å². The predicted octanol–water partition coefficient (Wildman–Crippen LogP) is 17.1. The maximum absolute atomic E-state index is 8.82. The topological polar surface area (TPSA) is 23.8 Å². The quantitative estimate of drug-likeness (QED) is 0.127. The van der Waals surface area contributed by atoms with Crippen LogP contribution in [0.25, 0.3) is 50.1 Å². The molecule has 10 aromatic rings. The Kier molecular flexibility index (Phi) is 19.8. The van der Waals surface area contributed by atoms with Crippen molar-refractivity contribution < 1.29 is 42.1 Å². The Morgan fingerprint density at radius 1 is 0.347 bits per heavy atom. The Morgan fingerprint density at radius 2 is 0.639 bits per heavy atom. The van der Waals surface area contributed by atoms with Crippen LogP contribution in [0.4, 0.5) is 0 Å². The molecular weight excluding hydrogens is 1210 g/mol. The van der Waals surface area contributed by atoms with Crippen LogP contribution in [0.1, 0.15) is 61.1 Å². The zero-order chi connectivity index (χ0) is 48.6. The zero-order valence-electron chi connectivity index (χ0n) is 40.9. The van der Waals surface area contributed by atoms with E-state index in [9.17, 15) is 0 Å². The normalized spacial score (nSPS) is 11.9. The number of nitriles is 1.